The summed E-state index contributed by atoms with van der Waals surface area (Å²) in [7, 11) is 0. The molecule has 1 aliphatic rings. The van der Waals surface area contributed by atoms with Crippen LogP contribution < -0.4 is 5.32 Å². The maximum atomic E-state index is 4.63. The number of hydrogen-bond donors (Lipinski definition) is 1. The molecule has 0 spiro atoms. The summed E-state index contributed by atoms with van der Waals surface area (Å²) in [5.41, 5.74) is 2.10. The molecule has 1 saturated carbocycles. The highest BCUT2D eigenvalue weighted by atomic mass is 79.9. The molecule has 0 atom stereocenters. The quantitative estimate of drug-likeness (QED) is 0.731. The minimum absolute atomic E-state index is 0.591. The number of imidazole rings is 1. The highest BCUT2D eigenvalue weighted by molar-refractivity contribution is 9.11. The molecule has 1 aliphatic carbocycles. The number of aromatic nitrogens is 2. The average molecular weight is 399 g/mol. The van der Waals surface area contributed by atoms with Crippen LogP contribution in [0.1, 0.15) is 37.4 Å². The third-order valence-electron chi connectivity index (χ3n) is 3.75. The molecule has 5 heteroatoms. The van der Waals surface area contributed by atoms with E-state index in [4.69, 9.17) is 0 Å². The van der Waals surface area contributed by atoms with Crippen molar-refractivity contribution in [1.29, 1.82) is 0 Å². The molecule has 1 aromatic carbocycles. The lowest BCUT2D eigenvalue weighted by molar-refractivity contribution is 0.524. The summed E-state index contributed by atoms with van der Waals surface area (Å²) in [5.74, 6) is 0.942. The zero-order valence-electron chi connectivity index (χ0n) is 11.4. The van der Waals surface area contributed by atoms with Gasteiger partial charge in [0.05, 0.1) is 11.4 Å². The number of nitrogens with one attached hydrogen (secondary N) is 1. The summed E-state index contributed by atoms with van der Waals surface area (Å²) in [6.45, 7) is 2.05. The maximum Gasteiger partial charge on any atom is 0.207 e. The molecule has 1 N–H and O–H groups in total. The number of aryl methyl sites for hydroxylation is 1. The third kappa shape index (κ3) is 2.93. The van der Waals surface area contributed by atoms with Crippen LogP contribution in [0.4, 0.5) is 11.6 Å². The van der Waals surface area contributed by atoms with Gasteiger partial charge >= 0.3 is 0 Å². The van der Waals surface area contributed by atoms with Gasteiger partial charge in [0.1, 0.15) is 0 Å². The molecule has 20 heavy (non-hydrogen) atoms. The van der Waals surface area contributed by atoms with Crippen molar-refractivity contribution in [2.24, 2.45) is 0 Å². The Hall–Kier alpha value is -0.810. The average Bonchev–Trinajstić information content (AvgIpc) is 3.02. The fraction of sp³-hybridized carbons (Fsp3) is 0.400. The number of halogens is 2. The predicted octanol–water partition coefficient (Wildman–Crippen LogP) is 5.58. The van der Waals surface area contributed by atoms with E-state index in [2.05, 4.69) is 59.0 Å². The smallest absolute Gasteiger partial charge is 0.207 e. The van der Waals surface area contributed by atoms with Gasteiger partial charge in [0, 0.05) is 21.2 Å². The molecule has 0 saturated heterocycles. The second-order valence-corrected chi connectivity index (χ2v) is 7.07. The minimum Gasteiger partial charge on any atom is -0.325 e. The van der Waals surface area contributed by atoms with Crippen LogP contribution in [0.3, 0.4) is 0 Å². The molecular weight excluding hydrogens is 382 g/mol. The molecule has 0 aliphatic heterocycles. The van der Waals surface area contributed by atoms with Crippen LogP contribution in [0, 0.1) is 6.92 Å². The second kappa shape index (κ2) is 5.90. The lowest BCUT2D eigenvalue weighted by Gasteiger charge is -2.16. The van der Waals surface area contributed by atoms with Gasteiger partial charge in [0.15, 0.2) is 0 Å². The van der Waals surface area contributed by atoms with Crippen LogP contribution in [0.25, 0.3) is 0 Å². The summed E-state index contributed by atoms with van der Waals surface area (Å²) >= 11 is 7.07. The first kappa shape index (κ1) is 14.1. The number of hydrogen-bond acceptors (Lipinski definition) is 2. The Kier molecular flexibility index (Phi) is 4.17. The van der Waals surface area contributed by atoms with Crippen molar-refractivity contribution in [3.63, 3.8) is 0 Å². The van der Waals surface area contributed by atoms with E-state index in [0.29, 0.717) is 6.04 Å². The molecule has 0 radical (unpaired) electrons. The predicted molar refractivity (Wildman–Crippen MR) is 89.6 cm³/mol. The number of nitrogens with zero attached hydrogens (tertiary/aromatic N) is 2. The standard InChI is InChI=1S/C15H17Br2N3/c1-10-9-20(12-4-2-3-5-12)15(18-10)19-14-7-6-11(16)8-13(14)17/h6-9,12H,2-5H2,1H3,(H,18,19). The fourth-order valence-corrected chi connectivity index (χ4v) is 3.93. The Morgan fingerprint density at radius 1 is 1.25 bits per heavy atom. The van der Waals surface area contributed by atoms with Gasteiger partial charge < -0.3 is 9.88 Å². The van der Waals surface area contributed by atoms with Crippen molar-refractivity contribution in [2.45, 2.75) is 38.6 Å². The van der Waals surface area contributed by atoms with Crippen molar-refractivity contribution in [1.82, 2.24) is 9.55 Å². The fourth-order valence-electron chi connectivity index (χ4n) is 2.78. The normalized spacial score (nSPS) is 15.8. The highest BCUT2D eigenvalue weighted by Gasteiger charge is 2.20. The molecular formula is C15H17Br2N3. The molecule has 0 amide bonds. The molecule has 0 unspecified atom stereocenters. The summed E-state index contributed by atoms with van der Waals surface area (Å²) in [5, 5.41) is 3.45. The molecule has 0 bridgehead atoms. The highest BCUT2D eigenvalue weighted by Crippen LogP contribution is 2.34. The van der Waals surface area contributed by atoms with Crippen LogP contribution in [0.2, 0.25) is 0 Å². The van der Waals surface area contributed by atoms with Crippen molar-refractivity contribution in [3.05, 3.63) is 39.0 Å². The summed E-state index contributed by atoms with van der Waals surface area (Å²) in [6, 6.07) is 6.71. The SMILES string of the molecule is Cc1cn(C2CCCC2)c(Nc2ccc(Br)cc2Br)n1. The van der Waals surface area contributed by atoms with Crippen LogP contribution in [-0.4, -0.2) is 9.55 Å². The zero-order valence-corrected chi connectivity index (χ0v) is 14.5. The number of benzene rings is 1. The first-order valence-corrected chi connectivity index (χ1v) is 8.49. The van der Waals surface area contributed by atoms with Crippen molar-refractivity contribution in [2.75, 3.05) is 5.32 Å². The Morgan fingerprint density at radius 2 is 2.00 bits per heavy atom. The zero-order chi connectivity index (χ0) is 14.1. The van der Waals surface area contributed by atoms with Gasteiger partial charge in [-0.15, -0.1) is 0 Å². The Bertz CT molecular complexity index is 616. The lowest BCUT2D eigenvalue weighted by Crippen LogP contribution is -2.08. The van der Waals surface area contributed by atoms with Crippen LogP contribution in [0.5, 0.6) is 0 Å². The Labute approximate surface area is 136 Å². The van der Waals surface area contributed by atoms with Gasteiger partial charge in [-0.1, -0.05) is 28.8 Å². The van der Waals surface area contributed by atoms with Crippen molar-refractivity contribution >= 4 is 43.5 Å². The molecule has 3 nitrogen and oxygen atoms in total. The van der Waals surface area contributed by atoms with Gasteiger partial charge in [0.25, 0.3) is 0 Å². The Morgan fingerprint density at radius 3 is 2.70 bits per heavy atom. The largest absolute Gasteiger partial charge is 0.325 e. The third-order valence-corrected chi connectivity index (χ3v) is 4.90. The second-order valence-electron chi connectivity index (χ2n) is 5.30. The first-order chi connectivity index (χ1) is 9.63. The van der Waals surface area contributed by atoms with Gasteiger partial charge in [0.2, 0.25) is 5.95 Å². The van der Waals surface area contributed by atoms with Gasteiger partial charge in [-0.2, -0.15) is 0 Å². The van der Waals surface area contributed by atoms with E-state index in [0.717, 1.165) is 26.3 Å². The van der Waals surface area contributed by atoms with Gasteiger partial charge in [-0.05, 0) is 53.9 Å². The van der Waals surface area contributed by atoms with Crippen molar-refractivity contribution in [3.8, 4) is 0 Å². The van der Waals surface area contributed by atoms with E-state index in [9.17, 15) is 0 Å². The topological polar surface area (TPSA) is 29.9 Å². The van der Waals surface area contributed by atoms with E-state index in [1.165, 1.54) is 25.7 Å². The monoisotopic (exact) mass is 397 g/mol. The van der Waals surface area contributed by atoms with Crippen LogP contribution in [0.15, 0.2) is 33.3 Å². The number of anilines is 2. The Balaban J connectivity index is 1.90. The van der Waals surface area contributed by atoms with E-state index >= 15 is 0 Å². The van der Waals surface area contributed by atoms with E-state index in [1.807, 2.05) is 19.1 Å². The molecule has 1 aromatic heterocycles. The molecule has 2 aromatic rings. The lowest BCUT2D eigenvalue weighted by atomic mass is 10.2. The van der Waals surface area contributed by atoms with E-state index < -0.39 is 0 Å². The van der Waals surface area contributed by atoms with Crippen LogP contribution >= 0.6 is 31.9 Å². The van der Waals surface area contributed by atoms with Crippen molar-refractivity contribution < 1.29 is 0 Å². The summed E-state index contributed by atoms with van der Waals surface area (Å²) in [6.07, 6.45) is 7.32. The molecule has 1 fully saturated rings. The van der Waals surface area contributed by atoms with Gasteiger partial charge in [-0.3, -0.25) is 0 Å². The van der Waals surface area contributed by atoms with E-state index in [1.54, 1.807) is 0 Å². The van der Waals surface area contributed by atoms with Gasteiger partial charge in [-0.25, -0.2) is 4.98 Å². The number of rotatable bonds is 3. The molecule has 3 rings (SSSR count). The first-order valence-electron chi connectivity index (χ1n) is 6.91. The summed E-state index contributed by atoms with van der Waals surface area (Å²) < 4.78 is 4.40. The maximum absolute atomic E-state index is 4.63. The molecule has 106 valence electrons. The molecule has 1 heterocycles. The minimum atomic E-state index is 0.591. The summed E-state index contributed by atoms with van der Waals surface area (Å²) in [4.78, 5) is 4.63. The van der Waals surface area contributed by atoms with E-state index in [-0.39, 0.29) is 0 Å². The van der Waals surface area contributed by atoms with Crippen LogP contribution in [-0.2, 0) is 0 Å².